The SMILES string of the molecule is COCCNS(=O)(=O)NC(C)c1ccc(N)cc1. The number of methoxy groups -OCH3 is 1. The molecule has 1 aromatic rings. The fourth-order valence-electron chi connectivity index (χ4n) is 1.41. The minimum atomic E-state index is -3.52. The molecular formula is C11H19N3O3S. The zero-order valence-corrected chi connectivity index (χ0v) is 11.3. The highest BCUT2D eigenvalue weighted by molar-refractivity contribution is 7.87. The first-order valence-electron chi connectivity index (χ1n) is 5.56. The van der Waals surface area contributed by atoms with Crippen LogP contribution < -0.4 is 15.2 Å². The van der Waals surface area contributed by atoms with Gasteiger partial charge in [-0.05, 0) is 24.6 Å². The molecule has 1 atom stereocenters. The van der Waals surface area contributed by atoms with Gasteiger partial charge in [0, 0.05) is 25.4 Å². The summed E-state index contributed by atoms with van der Waals surface area (Å²) >= 11 is 0. The lowest BCUT2D eigenvalue weighted by Crippen LogP contribution is -2.39. The van der Waals surface area contributed by atoms with E-state index < -0.39 is 10.2 Å². The van der Waals surface area contributed by atoms with Gasteiger partial charge in [-0.3, -0.25) is 0 Å². The number of ether oxygens (including phenoxy) is 1. The van der Waals surface area contributed by atoms with Gasteiger partial charge in [-0.25, -0.2) is 0 Å². The lowest BCUT2D eigenvalue weighted by molar-refractivity contribution is 0.204. The van der Waals surface area contributed by atoms with Crippen LogP contribution in [0.2, 0.25) is 0 Å². The molecule has 0 amide bonds. The fourth-order valence-corrected chi connectivity index (χ4v) is 2.44. The summed E-state index contributed by atoms with van der Waals surface area (Å²) in [5, 5.41) is 0. The van der Waals surface area contributed by atoms with Crippen LogP contribution in [0, 0.1) is 0 Å². The molecule has 1 aromatic carbocycles. The van der Waals surface area contributed by atoms with E-state index >= 15 is 0 Å². The van der Waals surface area contributed by atoms with Gasteiger partial charge in [0.2, 0.25) is 0 Å². The topological polar surface area (TPSA) is 93.4 Å². The average Bonchev–Trinajstić information content (AvgIpc) is 2.29. The van der Waals surface area contributed by atoms with E-state index in [4.69, 9.17) is 10.5 Å². The molecule has 0 aliphatic heterocycles. The van der Waals surface area contributed by atoms with Crippen LogP contribution in [0.1, 0.15) is 18.5 Å². The number of rotatable bonds is 7. The third-order valence-electron chi connectivity index (χ3n) is 2.37. The van der Waals surface area contributed by atoms with Crippen LogP contribution in [-0.2, 0) is 14.9 Å². The van der Waals surface area contributed by atoms with Crippen LogP contribution in [0.4, 0.5) is 5.69 Å². The molecule has 0 spiro atoms. The molecule has 0 radical (unpaired) electrons. The molecule has 7 heteroatoms. The first-order valence-corrected chi connectivity index (χ1v) is 7.04. The van der Waals surface area contributed by atoms with Crippen LogP contribution >= 0.6 is 0 Å². The summed E-state index contributed by atoms with van der Waals surface area (Å²) in [6, 6.07) is 6.72. The van der Waals surface area contributed by atoms with Gasteiger partial charge in [-0.15, -0.1) is 0 Å². The standard InChI is InChI=1S/C11H19N3O3S/c1-9(10-3-5-11(12)6-4-10)14-18(15,16)13-7-8-17-2/h3-6,9,13-14H,7-8,12H2,1-2H3. The maximum Gasteiger partial charge on any atom is 0.277 e. The first kappa shape index (κ1) is 14.9. The molecule has 6 nitrogen and oxygen atoms in total. The molecule has 0 aromatic heterocycles. The normalized spacial score (nSPS) is 13.4. The van der Waals surface area contributed by atoms with E-state index in [1.54, 1.807) is 31.2 Å². The minimum Gasteiger partial charge on any atom is -0.399 e. The van der Waals surface area contributed by atoms with Crippen LogP contribution in [0.25, 0.3) is 0 Å². The number of benzene rings is 1. The van der Waals surface area contributed by atoms with E-state index in [9.17, 15) is 8.42 Å². The molecule has 0 heterocycles. The first-order chi connectivity index (χ1) is 8.44. The lowest BCUT2D eigenvalue weighted by atomic mass is 10.1. The van der Waals surface area contributed by atoms with Crippen molar-refractivity contribution in [3.05, 3.63) is 29.8 Å². The van der Waals surface area contributed by atoms with E-state index in [1.807, 2.05) is 0 Å². The Morgan fingerprint density at radius 3 is 2.50 bits per heavy atom. The maximum atomic E-state index is 11.7. The highest BCUT2D eigenvalue weighted by Crippen LogP contribution is 2.14. The second kappa shape index (κ2) is 6.69. The van der Waals surface area contributed by atoms with Gasteiger partial charge in [-0.2, -0.15) is 17.9 Å². The minimum absolute atomic E-state index is 0.236. The molecule has 0 saturated carbocycles. The monoisotopic (exact) mass is 273 g/mol. The molecule has 0 saturated heterocycles. The molecule has 1 unspecified atom stereocenters. The van der Waals surface area contributed by atoms with E-state index in [-0.39, 0.29) is 12.6 Å². The van der Waals surface area contributed by atoms with Crippen molar-refractivity contribution in [3.8, 4) is 0 Å². The van der Waals surface area contributed by atoms with E-state index in [1.165, 1.54) is 7.11 Å². The summed E-state index contributed by atoms with van der Waals surface area (Å²) in [5.74, 6) is 0. The second-order valence-corrected chi connectivity index (χ2v) is 5.43. The van der Waals surface area contributed by atoms with Crippen molar-refractivity contribution in [1.29, 1.82) is 0 Å². The van der Waals surface area contributed by atoms with Gasteiger partial charge >= 0.3 is 0 Å². The quantitative estimate of drug-likeness (QED) is 0.495. The van der Waals surface area contributed by atoms with E-state index in [2.05, 4.69) is 9.44 Å². The number of hydrogen-bond acceptors (Lipinski definition) is 4. The Balaban J connectivity index is 2.58. The van der Waals surface area contributed by atoms with Gasteiger partial charge in [-0.1, -0.05) is 12.1 Å². The number of anilines is 1. The molecule has 0 aliphatic carbocycles. The summed E-state index contributed by atoms with van der Waals surface area (Å²) < 4.78 is 33.0. The van der Waals surface area contributed by atoms with Crippen LogP contribution in [0.15, 0.2) is 24.3 Å². The summed E-state index contributed by atoms with van der Waals surface area (Å²) in [5.41, 5.74) is 7.06. The van der Waals surface area contributed by atoms with Gasteiger partial charge in [0.1, 0.15) is 0 Å². The van der Waals surface area contributed by atoms with Gasteiger partial charge in [0.15, 0.2) is 0 Å². The number of nitrogen functional groups attached to an aromatic ring is 1. The fraction of sp³-hybridized carbons (Fsp3) is 0.455. The zero-order valence-electron chi connectivity index (χ0n) is 10.5. The van der Waals surface area contributed by atoms with Gasteiger partial charge in [0.25, 0.3) is 10.2 Å². The summed E-state index contributed by atoms with van der Waals surface area (Å²) in [4.78, 5) is 0. The zero-order chi connectivity index (χ0) is 13.6. The van der Waals surface area contributed by atoms with Crippen LogP contribution in [0.3, 0.4) is 0 Å². The summed E-state index contributed by atoms with van der Waals surface area (Å²) in [7, 11) is -2.01. The Bertz CT molecular complexity index is 459. The van der Waals surface area contributed by atoms with Crippen molar-refractivity contribution in [2.75, 3.05) is 26.0 Å². The molecular weight excluding hydrogens is 254 g/mol. The Labute approximate surface area is 108 Å². The number of nitrogens with one attached hydrogen (secondary N) is 2. The van der Waals surface area contributed by atoms with Crippen molar-refractivity contribution in [3.63, 3.8) is 0 Å². The number of nitrogens with two attached hydrogens (primary N) is 1. The Morgan fingerprint density at radius 2 is 1.94 bits per heavy atom. The van der Waals surface area contributed by atoms with Crippen molar-refractivity contribution >= 4 is 15.9 Å². The Kier molecular flexibility index (Phi) is 5.54. The molecule has 4 N–H and O–H groups in total. The summed E-state index contributed by atoms with van der Waals surface area (Å²) in [6.45, 7) is 2.33. The predicted octanol–water partition coefficient (Wildman–Crippen LogP) is 0.400. The molecule has 0 fully saturated rings. The summed E-state index contributed by atoms with van der Waals surface area (Å²) in [6.07, 6.45) is 0. The average molecular weight is 273 g/mol. The van der Waals surface area contributed by atoms with Crippen molar-refractivity contribution in [1.82, 2.24) is 9.44 Å². The Hall–Kier alpha value is -1.15. The van der Waals surface area contributed by atoms with Gasteiger partial charge < -0.3 is 10.5 Å². The molecule has 102 valence electrons. The third kappa shape index (κ3) is 5.01. The Morgan fingerprint density at radius 1 is 1.33 bits per heavy atom. The van der Waals surface area contributed by atoms with Crippen molar-refractivity contribution < 1.29 is 13.2 Å². The predicted molar refractivity (Wildman–Crippen MR) is 71.2 cm³/mol. The second-order valence-electron chi connectivity index (χ2n) is 3.90. The highest BCUT2D eigenvalue weighted by atomic mass is 32.2. The van der Waals surface area contributed by atoms with E-state index in [0.29, 0.717) is 12.3 Å². The molecule has 18 heavy (non-hydrogen) atoms. The smallest absolute Gasteiger partial charge is 0.277 e. The van der Waals surface area contributed by atoms with Crippen LogP contribution in [0.5, 0.6) is 0 Å². The third-order valence-corrected chi connectivity index (χ3v) is 3.61. The lowest BCUT2D eigenvalue weighted by Gasteiger charge is -2.15. The number of hydrogen-bond donors (Lipinski definition) is 3. The maximum absolute atomic E-state index is 11.7. The molecule has 1 rings (SSSR count). The van der Waals surface area contributed by atoms with Crippen molar-refractivity contribution in [2.24, 2.45) is 0 Å². The van der Waals surface area contributed by atoms with E-state index in [0.717, 1.165) is 5.56 Å². The highest BCUT2D eigenvalue weighted by Gasteiger charge is 2.14. The molecule has 0 bridgehead atoms. The van der Waals surface area contributed by atoms with Gasteiger partial charge in [0.05, 0.1) is 6.61 Å². The molecule has 0 aliphatic rings. The van der Waals surface area contributed by atoms with Crippen LogP contribution in [-0.4, -0.2) is 28.7 Å². The largest absolute Gasteiger partial charge is 0.399 e. The van der Waals surface area contributed by atoms with Crippen molar-refractivity contribution in [2.45, 2.75) is 13.0 Å².